The molecule has 0 radical (unpaired) electrons. The van der Waals surface area contributed by atoms with Gasteiger partial charge in [-0.05, 0) is 30.7 Å². The van der Waals surface area contributed by atoms with E-state index >= 15 is 0 Å². The second-order valence-corrected chi connectivity index (χ2v) is 5.59. The maximum atomic E-state index is 12.3. The third-order valence-corrected chi connectivity index (χ3v) is 3.89. The summed E-state index contributed by atoms with van der Waals surface area (Å²) in [6, 6.07) is 7.60. The van der Waals surface area contributed by atoms with Crippen LogP contribution >= 0.6 is 0 Å². The lowest BCUT2D eigenvalue weighted by atomic mass is 10.1. The van der Waals surface area contributed by atoms with Crippen LogP contribution in [0.5, 0.6) is 0 Å². The molecule has 130 valence electrons. The fourth-order valence-corrected chi connectivity index (χ4v) is 2.50. The molecule has 2 heterocycles. The Balaban J connectivity index is 1.70. The van der Waals surface area contributed by atoms with Crippen LogP contribution in [0.15, 0.2) is 30.3 Å². The van der Waals surface area contributed by atoms with E-state index in [1.807, 2.05) is 4.90 Å². The molecule has 9 heteroatoms. The van der Waals surface area contributed by atoms with E-state index in [9.17, 15) is 14.9 Å². The molecule has 1 aliphatic heterocycles. The van der Waals surface area contributed by atoms with Crippen LogP contribution < -0.4 is 10.2 Å². The Morgan fingerprint density at radius 1 is 1.24 bits per heavy atom. The average Bonchev–Trinajstić information content (AvgIpc) is 2.64. The summed E-state index contributed by atoms with van der Waals surface area (Å²) in [7, 11) is 0. The van der Waals surface area contributed by atoms with Gasteiger partial charge in [-0.25, -0.2) is 0 Å². The average molecular weight is 343 g/mol. The van der Waals surface area contributed by atoms with Crippen LogP contribution in [0.3, 0.4) is 0 Å². The predicted molar refractivity (Wildman–Crippen MR) is 90.9 cm³/mol. The number of anilines is 2. The summed E-state index contributed by atoms with van der Waals surface area (Å²) in [4.78, 5) is 24.6. The number of non-ortho nitro benzene ring substituents is 1. The zero-order valence-corrected chi connectivity index (χ0v) is 13.6. The molecular formula is C16H17N5O4. The minimum absolute atomic E-state index is 0.0230. The lowest BCUT2D eigenvalue weighted by molar-refractivity contribution is -0.384. The Labute approximate surface area is 143 Å². The van der Waals surface area contributed by atoms with E-state index in [4.69, 9.17) is 4.74 Å². The number of nitrogens with one attached hydrogen (secondary N) is 1. The van der Waals surface area contributed by atoms with Crippen LogP contribution in [-0.4, -0.2) is 47.3 Å². The summed E-state index contributed by atoms with van der Waals surface area (Å²) < 4.78 is 5.29. The number of benzene rings is 1. The van der Waals surface area contributed by atoms with Gasteiger partial charge in [0.2, 0.25) is 0 Å². The van der Waals surface area contributed by atoms with Crippen molar-refractivity contribution in [3.8, 4) is 0 Å². The third kappa shape index (κ3) is 3.89. The van der Waals surface area contributed by atoms with Gasteiger partial charge in [-0.2, -0.15) is 0 Å². The fraction of sp³-hybridized carbons (Fsp3) is 0.312. The summed E-state index contributed by atoms with van der Waals surface area (Å²) in [6.45, 7) is 4.45. The van der Waals surface area contributed by atoms with Crippen molar-refractivity contribution in [2.24, 2.45) is 0 Å². The molecule has 0 unspecified atom stereocenters. The van der Waals surface area contributed by atoms with Gasteiger partial charge in [0.05, 0.1) is 18.1 Å². The van der Waals surface area contributed by atoms with Crippen molar-refractivity contribution in [3.05, 3.63) is 51.7 Å². The topological polar surface area (TPSA) is 110 Å². The van der Waals surface area contributed by atoms with Crippen LogP contribution in [0.1, 0.15) is 16.1 Å². The van der Waals surface area contributed by atoms with Crippen molar-refractivity contribution in [1.82, 2.24) is 10.2 Å². The molecule has 1 aromatic carbocycles. The van der Waals surface area contributed by atoms with Crippen molar-refractivity contribution in [2.75, 3.05) is 36.5 Å². The first-order valence-corrected chi connectivity index (χ1v) is 7.77. The predicted octanol–water partition coefficient (Wildman–Crippen LogP) is 1.78. The molecule has 1 N–H and O–H groups in total. The number of nitrogens with zero attached hydrogens (tertiary/aromatic N) is 4. The van der Waals surface area contributed by atoms with Crippen LogP contribution in [0.25, 0.3) is 0 Å². The second-order valence-electron chi connectivity index (χ2n) is 5.59. The normalized spacial score (nSPS) is 14.2. The van der Waals surface area contributed by atoms with E-state index in [0.717, 1.165) is 13.1 Å². The van der Waals surface area contributed by atoms with E-state index in [-0.39, 0.29) is 11.4 Å². The number of morpholine rings is 1. The first-order valence-electron chi connectivity index (χ1n) is 7.77. The van der Waals surface area contributed by atoms with Gasteiger partial charge < -0.3 is 15.0 Å². The highest BCUT2D eigenvalue weighted by molar-refractivity contribution is 6.03. The summed E-state index contributed by atoms with van der Waals surface area (Å²) in [6.07, 6.45) is 0. The lowest BCUT2D eigenvalue weighted by Crippen LogP contribution is -2.37. The number of carbonyl (C=O) groups is 1. The van der Waals surface area contributed by atoms with Crippen LogP contribution in [0, 0.1) is 17.0 Å². The number of hydrogen-bond donors (Lipinski definition) is 1. The maximum Gasteiger partial charge on any atom is 0.276 e. The first-order chi connectivity index (χ1) is 12.0. The molecule has 3 rings (SSSR count). The Hall–Kier alpha value is -3.07. The highest BCUT2D eigenvalue weighted by Crippen LogP contribution is 2.21. The maximum absolute atomic E-state index is 12.3. The fourth-order valence-electron chi connectivity index (χ4n) is 2.50. The summed E-state index contributed by atoms with van der Waals surface area (Å²) >= 11 is 0. The molecule has 2 aromatic rings. The smallest absolute Gasteiger partial charge is 0.276 e. The first kappa shape index (κ1) is 16.8. The highest BCUT2D eigenvalue weighted by atomic mass is 16.6. The van der Waals surface area contributed by atoms with Gasteiger partial charge in [0.15, 0.2) is 11.5 Å². The van der Waals surface area contributed by atoms with Crippen molar-refractivity contribution in [2.45, 2.75) is 6.92 Å². The van der Waals surface area contributed by atoms with Crippen molar-refractivity contribution < 1.29 is 14.5 Å². The van der Waals surface area contributed by atoms with Crippen LogP contribution in [0.2, 0.25) is 0 Å². The van der Waals surface area contributed by atoms with E-state index in [2.05, 4.69) is 15.5 Å². The summed E-state index contributed by atoms with van der Waals surface area (Å²) in [5.74, 6) is 0.282. The summed E-state index contributed by atoms with van der Waals surface area (Å²) in [5.41, 5.74) is 1.25. The van der Waals surface area contributed by atoms with Crippen molar-refractivity contribution >= 4 is 23.1 Å². The van der Waals surface area contributed by atoms with Gasteiger partial charge in [0.25, 0.3) is 11.6 Å². The molecular weight excluding hydrogens is 326 g/mol. The zero-order valence-electron chi connectivity index (χ0n) is 13.6. The molecule has 1 amide bonds. The van der Waals surface area contributed by atoms with Crippen LogP contribution in [0.4, 0.5) is 17.2 Å². The highest BCUT2D eigenvalue weighted by Gasteiger charge is 2.16. The van der Waals surface area contributed by atoms with Gasteiger partial charge in [0.1, 0.15) is 0 Å². The van der Waals surface area contributed by atoms with E-state index in [1.54, 1.807) is 19.1 Å². The molecule has 0 bridgehead atoms. The van der Waals surface area contributed by atoms with Gasteiger partial charge in [-0.15, -0.1) is 10.2 Å². The second kappa shape index (κ2) is 7.22. The number of rotatable bonds is 4. The molecule has 0 saturated carbocycles. The van der Waals surface area contributed by atoms with Gasteiger partial charge in [0, 0.05) is 30.9 Å². The number of nitro groups is 1. The molecule has 9 nitrogen and oxygen atoms in total. The number of aryl methyl sites for hydroxylation is 1. The summed E-state index contributed by atoms with van der Waals surface area (Å²) in [5, 5.41) is 21.5. The van der Waals surface area contributed by atoms with Crippen molar-refractivity contribution in [3.63, 3.8) is 0 Å². The van der Waals surface area contributed by atoms with Gasteiger partial charge in [-0.3, -0.25) is 14.9 Å². The molecule has 1 aromatic heterocycles. The minimum Gasteiger partial charge on any atom is -0.378 e. The largest absolute Gasteiger partial charge is 0.378 e. The molecule has 1 aliphatic rings. The number of aromatic nitrogens is 2. The van der Waals surface area contributed by atoms with E-state index < -0.39 is 10.8 Å². The Morgan fingerprint density at radius 2 is 2.00 bits per heavy atom. The minimum atomic E-state index is -0.478. The number of carbonyl (C=O) groups excluding carboxylic acids is 1. The molecule has 1 saturated heterocycles. The number of hydrogen-bond acceptors (Lipinski definition) is 7. The van der Waals surface area contributed by atoms with E-state index in [1.165, 1.54) is 18.2 Å². The number of nitro benzene ring substituents is 1. The van der Waals surface area contributed by atoms with Gasteiger partial charge >= 0.3 is 0 Å². The Bertz CT molecular complexity index is 788. The van der Waals surface area contributed by atoms with E-state index in [0.29, 0.717) is 30.3 Å². The zero-order chi connectivity index (χ0) is 17.8. The Morgan fingerprint density at radius 3 is 2.60 bits per heavy atom. The van der Waals surface area contributed by atoms with Crippen molar-refractivity contribution in [1.29, 1.82) is 0 Å². The monoisotopic (exact) mass is 343 g/mol. The van der Waals surface area contributed by atoms with Gasteiger partial charge in [-0.1, -0.05) is 0 Å². The molecule has 0 aliphatic carbocycles. The Kier molecular flexibility index (Phi) is 4.85. The number of ether oxygens (including phenoxy) is 1. The SMILES string of the molecule is Cc1cc([N+](=O)[O-])ccc1NC(=O)c1ccc(N2CCOCC2)nn1. The molecule has 0 atom stereocenters. The number of amides is 1. The lowest BCUT2D eigenvalue weighted by Gasteiger charge is -2.27. The van der Waals surface area contributed by atoms with Crippen LogP contribution in [-0.2, 0) is 4.74 Å². The molecule has 0 spiro atoms. The molecule has 1 fully saturated rings. The quantitative estimate of drug-likeness (QED) is 0.665. The molecule has 25 heavy (non-hydrogen) atoms. The standard InChI is InChI=1S/C16H17N5O4/c1-11-10-12(21(23)24)2-3-13(11)17-16(22)14-4-5-15(19-18-14)20-6-8-25-9-7-20/h2-5,10H,6-9H2,1H3,(H,17,22). The third-order valence-electron chi connectivity index (χ3n) is 3.89.